The Morgan fingerprint density at radius 1 is 1.35 bits per heavy atom. The smallest absolute Gasteiger partial charge is 0.251 e. The number of nitrogens with one attached hydrogen (secondary N) is 2. The van der Waals surface area contributed by atoms with Crippen LogP contribution >= 0.6 is 0 Å². The lowest BCUT2D eigenvalue weighted by Crippen LogP contribution is -2.45. The van der Waals surface area contributed by atoms with E-state index >= 15 is 0 Å². The van der Waals surface area contributed by atoms with Crippen LogP contribution in [-0.2, 0) is 0 Å². The lowest BCUT2D eigenvalue weighted by molar-refractivity contribution is 0.0954. The summed E-state index contributed by atoms with van der Waals surface area (Å²) in [6, 6.07) is 7.48. The fraction of sp³-hybridized carbons (Fsp3) is 0.467. The second-order valence-corrected chi connectivity index (χ2v) is 5.77. The van der Waals surface area contributed by atoms with E-state index in [2.05, 4.69) is 15.6 Å². The first-order valence-corrected chi connectivity index (χ1v) is 6.71. The highest BCUT2D eigenvalue weighted by molar-refractivity contribution is 5.94. The number of carbonyl (C=O) groups is 1. The van der Waals surface area contributed by atoms with Gasteiger partial charge in [-0.05, 0) is 39.8 Å². The van der Waals surface area contributed by atoms with E-state index in [0.29, 0.717) is 24.6 Å². The highest BCUT2D eigenvalue weighted by Gasteiger charge is 2.09. The molecule has 1 aromatic rings. The van der Waals surface area contributed by atoms with E-state index in [1.54, 1.807) is 6.07 Å². The lowest BCUT2D eigenvalue weighted by atomic mass is 10.1. The molecule has 0 aliphatic carbocycles. The molecule has 1 rings (SSSR count). The number of guanidine groups is 1. The number of hydrogen-bond donors (Lipinski definition) is 3. The van der Waals surface area contributed by atoms with E-state index in [0.717, 1.165) is 5.56 Å². The average Bonchev–Trinajstić information content (AvgIpc) is 2.32. The van der Waals surface area contributed by atoms with Crippen molar-refractivity contribution < 1.29 is 4.79 Å². The maximum Gasteiger partial charge on any atom is 0.251 e. The topological polar surface area (TPSA) is 79.5 Å². The molecule has 0 unspecified atom stereocenters. The van der Waals surface area contributed by atoms with Crippen molar-refractivity contribution >= 4 is 11.9 Å². The maximum absolute atomic E-state index is 11.9. The summed E-state index contributed by atoms with van der Waals surface area (Å²) in [5.41, 5.74) is 7.35. The van der Waals surface area contributed by atoms with Gasteiger partial charge in [-0.2, -0.15) is 0 Å². The van der Waals surface area contributed by atoms with Crippen LogP contribution in [0.2, 0.25) is 0 Å². The third kappa shape index (κ3) is 6.22. The molecule has 0 atom stereocenters. The number of hydrogen-bond acceptors (Lipinski definition) is 2. The van der Waals surface area contributed by atoms with Crippen molar-refractivity contribution in [1.82, 2.24) is 10.6 Å². The van der Waals surface area contributed by atoms with Gasteiger partial charge in [0.05, 0.1) is 6.54 Å². The molecule has 0 saturated heterocycles. The van der Waals surface area contributed by atoms with E-state index < -0.39 is 0 Å². The molecule has 0 fully saturated rings. The van der Waals surface area contributed by atoms with Crippen LogP contribution in [0.5, 0.6) is 0 Å². The summed E-state index contributed by atoms with van der Waals surface area (Å²) in [6.45, 7) is 8.89. The first kappa shape index (κ1) is 16.0. The predicted molar refractivity (Wildman–Crippen MR) is 82.9 cm³/mol. The molecule has 0 aromatic heterocycles. The zero-order valence-electron chi connectivity index (χ0n) is 12.7. The zero-order chi connectivity index (χ0) is 15.2. The molecule has 110 valence electrons. The molecule has 5 heteroatoms. The van der Waals surface area contributed by atoms with Gasteiger partial charge in [0.15, 0.2) is 5.96 Å². The third-order valence-corrected chi connectivity index (χ3v) is 2.46. The number of aliphatic imine (C=N–C) groups is 1. The lowest BCUT2D eigenvalue weighted by Gasteiger charge is -2.20. The summed E-state index contributed by atoms with van der Waals surface area (Å²) in [5.74, 6) is 0.300. The van der Waals surface area contributed by atoms with Gasteiger partial charge < -0.3 is 16.4 Å². The standard InChI is InChI=1S/C15H24N4O/c1-11-6-5-7-12(10-11)13(20)17-8-9-18-14(16)19-15(2,3)4/h5-7,10H,8-9H2,1-4H3,(H,17,20)(H3,16,18,19). The molecule has 20 heavy (non-hydrogen) atoms. The summed E-state index contributed by atoms with van der Waals surface area (Å²) >= 11 is 0. The van der Waals surface area contributed by atoms with Crippen LogP contribution in [0.1, 0.15) is 36.7 Å². The SMILES string of the molecule is Cc1cccc(C(=O)NCCN=C(N)NC(C)(C)C)c1. The van der Waals surface area contributed by atoms with Gasteiger partial charge in [0, 0.05) is 17.6 Å². The highest BCUT2D eigenvalue weighted by atomic mass is 16.1. The first-order valence-electron chi connectivity index (χ1n) is 6.71. The third-order valence-electron chi connectivity index (χ3n) is 2.46. The van der Waals surface area contributed by atoms with Crippen LogP contribution in [0.25, 0.3) is 0 Å². The summed E-state index contributed by atoms with van der Waals surface area (Å²) in [5, 5.41) is 5.88. The van der Waals surface area contributed by atoms with Crippen LogP contribution in [0, 0.1) is 6.92 Å². The molecule has 0 aliphatic rings. The Morgan fingerprint density at radius 2 is 2.05 bits per heavy atom. The first-order chi connectivity index (χ1) is 9.28. The van der Waals surface area contributed by atoms with Crippen molar-refractivity contribution in [1.29, 1.82) is 0 Å². The zero-order valence-corrected chi connectivity index (χ0v) is 12.7. The number of nitrogens with two attached hydrogens (primary N) is 1. The van der Waals surface area contributed by atoms with E-state index in [1.807, 2.05) is 45.9 Å². The van der Waals surface area contributed by atoms with Gasteiger partial charge in [0.25, 0.3) is 5.91 Å². The average molecular weight is 276 g/mol. The normalized spacial score (nSPS) is 12.1. The highest BCUT2D eigenvalue weighted by Crippen LogP contribution is 2.03. The molecule has 1 aromatic carbocycles. The van der Waals surface area contributed by atoms with Crippen LogP contribution < -0.4 is 16.4 Å². The summed E-state index contributed by atoms with van der Waals surface area (Å²) in [7, 11) is 0. The van der Waals surface area contributed by atoms with Gasteiger partial charge in [-0.3, -0.25) is 9.79 Å². The van der Waals surface area contributed by atoms with Gasteiger partial charge in [0.2, 0.25) is 0 Å². The van der Waals surface area contributed by atoms with Crippen molar-refractivity contribution in [3.63, 3.8) is 0 Å². The van der Waals surface area contributed by atoms with Crippen LogP contribution in [0.3, 0.4) is 0 Å². The quantitative estimate of drug-likeness (QED) is 0.442. The van der Waals surface area contributed by atoms with Crippen molar-refractivity contribution in [2.75, 3.05) is 13.1 Å². The molecule has 0 saturated carbocycles. The number of amides is 1. The van der Waals surface area contributed by atoms with E-state index in [1.165, 1.54) is 0 Å². The summed E-state index contributed by atoms with van der Waals surface area (Å²) < 4.78 is 0. The van der Waals surface area contributed by atoms with Gasteiger partial charge in [-0.15, -0.1) is 0 Å². The van der Waals surface area contributed by atoms with Crippen LogP contribution in [-0.4, -0.2) is 30.5 Å². The van der Waals surface area contributed by atoms with Crippen molar-refractivity contribution in [3.8, 4) is 0 Å². The molecular weight excluding hydrogens is 252 g/mol. The molecule has 4 N–H and O–H groups in total. The van der Waals surface area contributed by atoms with Gasteiger partial charge in [0.1, 0.15) is 0 Å². The molecule has 0 spiro atoms. The number of nitrogens with zero attached hydrogens (tertiary/aromatic N) is 1. The van der Waals surface area contributed by atoms with E-state index in [-0.39, 0.29) is 11.4 Å². The Hall–Kier alpha value is -2.04. The van der Waals surface area contributed by atoms with Gasteiger partial charge in [-0.25, -0.2) is 0 Å². The number of carbonyl (C=O) groups excluding carboxylic acids is 1. The Kier molecular flexibility index (Phi) is 5.55. The van der Waals surface area contributed by atoms with E-state index in [9.17, 15) is 4.79 Å². The maximum atomic E-state index is 11.9. The van der Waals surface area contributed by atoms with Crippen molar-refractivity contribution in [2.24, 2.45) is 10.7 Å². The fourth-order valence-corrected chi connectivity index (χ4v) is 1.66. The minimum atomic E-state index is -0.113. The molecular formula is C15H24N4O. The molecule has 0 bridgehead atoms. The van der Waals surface area contributed by atoms with Crippen molar-refractivity contribution in [2.45, 2.75) is 33.2 Å². The predicted octanol–water partition coefficient (Wildman–Crippen LogP) is 1.43. The second kappa shape index (κ2) is 6.93. The molecule has 1 amide bonds. The van der Waals surface area contributed by atoms with Crippen LogP contribution in [0.15, 0.2) is 29.3 Å². The largest absolute Gasteiger partial charge is 0.370 e. The Bertz CT molecular complexity index is 489. The van der Waals surface area contributed by atoms with Crippen LogP contribution in [0.4, 0.5) is 0 Å². The molecule has 0 heterocycles. The Balaban J connectivity index is 2.38. The minimum absolute atomic E-state index is 0.0914. The summed E-state index contributed by atoms with van der Waals surface area (Å²) in [6.07, 6.45) is 0. The molecule has 0 aliphatic heterocycles. The number of rotatable bonds is 4. The molecule has 5 nitrogen and oxygen atoms in total. The number of benzene rings is 1. The second-order valence-electron chi connectivity index (χ2n) is 5.77. The molecule has 0 radical (unpaired) electrons. The monoisotopic (exact) mass is 276 g/mol. The van der Waals surface area contributed by atoms with Gasteiger partial charge >= 0.3 is 0 Å². The Labute approximate surface area is 120 Å². The van der Waals surface area contributed by atoms with Gasteiger partial charge in [-0.1, -0.05) is 17.7 Å². The summed E-state index contributed by atoms with van der Waals surface area (Å²) in [4.78, 5) is 16.0. The number of aryl methyl sites for hydroxylation is 1. The Morgan fingerprint density at radius 3 is 2.65 bits per heavy atom. The minimum Gasteiger partial charge on any atom is -0.370 e. The van der Waals surface area contributed by atoms with E-state index in [4.69, 9.17) is 5.73 Å². The fourth-order valence-electron chi connectivity index (χ4n) is 1.66. The van der Waals surface area contributed by atoms with Crippen molar-refractivity contribution in [3.05, 3.63) is 35.4 Å².